The number of phenols is 2. The molecule has 37 heavy (non-hydrogen) atoms. The van der Waals surface area contributed by atoms with E-state index in [2.05, 4.69) is 0 Å². The molecule has 196 valence electrons. The summed E-state index contributed by atoms with van der Waals surface area (Å²) in [5.74, 6) is 0.0792. The van der Waals surface area contributed by atoms with Crippen molar-refractivity contribution in [3.63, 3.8) is 0 Å². The third-order valence-corrected chi connectivity index (χ3v) is 5.52. The van der Waals surface area contributed by atoms with Crippen molar-refractivity contribution >= 4 is 23.7 Å². The van der Waals surface area contributed by atoms with Crippen molar-refractivity contribution in [1.29, 1.82) is 0 Å². The van der Waals surface area contributed by atoms with Gasteiger partial charge in [0.05, 0.1) is 20.6 Å². The third-order valence-electron chi connectivity index (χ3n) is 5.52. The van der Waals surface area contributed by atoms with E-state index < -0.39 is 0 Å². The first-order valence-corrected chi connectivity index (χ1v) is 12.0. The minimum absolute atomic E-state index is 0.0682. The van der Waals surface area contributed by atoms with E-state index in [1.54, 1.807) is 36.4 Å². The average Bonchev–Trinajstić information content (AvgIpc) is 2.85. The summed E-state index contributed by atoms with van der Waals surface area (Å²) in [7, 11) is 2.94. The van der Waals surface area contributed by atoms with Crippen molar-refractivity contribution < 1.29 is 29.3 Å². The Hall–Kier alpha value is -4.06. The van der Waals surface area contributed by atoms with Crippen LogP contribution in [0.2, 0.25) is 0 Å². The smallest absolute Gasteiger partial charge is 0.163 e. The van der Waals surface area contributed by atoms with Crippen LogP contribution in [0.25, 0.3) is 12.2 Å². The maximum absolute atomic E-state index is 12.4. The minimum Gasteiger partial charge on any atom is -0.504 e. The van der Waals surface area contributed by atoms with Crippen LogP contribution in [-0.2, 0) is 22.4 Å². The van der Waals surface area contributed by atoms with E-state index >= 15 is 0 Å². The lowest BCUT2D eigenvalue weighted by Crippen LogP contribution is -2.02. The van der Waals surface area contributed by atoms with E-state index in [1.807, 2.05) is 39.8 Å². The molecule has 0 aliphatic rings. The molecule has 0 radical (unpaired) electrons. The van der Waals surface area contributed by atoms with Gasteiger partial charge in [0.25, 0.3) is 0 Å². The van der Waals surface area contributed by atoms with Crippen LogP contribution >= 0.6 is 0 Å². The molecule has 6 nitrogen and oxygen atoms in total. The predicted octanol–water partition coefficient (Wildman–Crippen LogP) is 6.39. The summed E-state index contributed by atoms with van der Waals surface area (Å²) in [4.78, 5) is 24.8. The van der Waals surface area contributed by atoms with Crippen molar-refractivity contribution in [3.8, 4) is 23.0 Å². The van der Waals surface area contributed by atoms with Crippen LogP contribution in [0.15, 0.2) is 59.7 Å². The predicted molar refractivity (Wildman–Crippen MR) is 148 cm³/mol. The number of aromatic hydroxyl groups is 2. The van der Waals surface area contributed by atoms with E-state index in [-0.39, 0.29) is 29.5 Å². The van der Waals surface area contributed by atoms with E-state index in [0.717, 1.165) is 11.1 Å². The Kier molecular flexibility index (Phi) is 10.9. The third kappa shape index (κ3) is 9.15. The molecule has 0 aromatic heterocycles. The number of rotatable bonds is 12. The van der Waals surface area contributed by atoms with Crippen LogP contribution in [0.4, 0.5) is 0 Å². The fourth-order valence-electron chi connectivity index (χ4n) is 3.49. The van der Waals surface area contributed by atoms with E-state index in [1.165, 1.54) is 26.4 Å². The summed E-state index contributed by atoms with van der Waals surface area (Å²) < 4.78 is 10.5. The number of carbonyl (C=O) groups excluding carboxylic acids is 2. The Morgan fingerprint density at radius 2 is 1.08 bits per heavy atom. The second-order valence-electron chi connectivity index (χ2n) is 9.21. The van der Waals surface area contributed by atoms with Crippen LogP contribution < -0.4 is 9.47 Å². The SMILES string of the molecule is COc1cc(/C=C/C(=O)CC(=O)/C=C/c2cc(CC=C(C)C)c(O)c(OC)c2)cc(CC=C(C)C)c1O. The average molecular weight is 505 g/mol. The molecule has 6 heteroatoms. The van der Waals surface area contributed by atoms with E-state index in [4.69, 9.17) is 9.47 Å². The van der Waals surface area contributed by atoms with Gasteiger partial charge in [0, 0.05) is 11.1 Å². The molecule has 0 unspecified atom stereocenters. The van der Waals surface area contributed by atoms with Crippen molar-refractivity contribution in [2.24, 2.45) is 0 Å². The first kappa shape index (κ1) is 29.2. The Bertz CT molecular complexity index is 1160. The molecule has 0 fully saturated rings. The van der Waals surface area contributed by atoms with Gasteiger partial charge in [0.1, 0.15) is 0 Å². The Labute approximate surface area is 219 Å². The van der Waals surface area contributed by atoms with Gasteiger partial charge in [-0.3, -0.25) is 9.59 Å². The molecule has 0 atom stereocenters. The molecule has 2 aromatic carbocycles. The minimum atomic E-state index is -0.347. The highest BCUT2D eigenvalue weighted by atomic mass is 16.5. The highest BCUT2D eigenvalue weighted by Gasteiger charge is 2.11. The molecule has 0 aliphatic heterocycles. The lowest BCUT2D eigenvalue weighted by atomic mass is 10.0. The zero-order chi connectivity index (χ0) is 27.5. The van der Waals surface area contributed by atoms with Gasteiger partial charge < -0.3 is 19.7 Å². The first-order chi connectivity index (χ1) is 17.5. The number of methoxy groups -OCH3 is 2. The monoisotopic (exact) mass is 504 g/mol. The fraction of sp³-hybridized carbons (Fsp3) is 0.290. The number of allylic oxidation sites excluding steroid dienone is 6. The molecule has 0 saturated carbocycles. The molecule has 0 spiro atoms. The lowest BCUT2D eigenvalue weighted by Gasteiger charge is -2.10. The van der Waals surface area contributed by atoms with Crippen LogP contribution in [0, 0.1) is 0 Å². The largest absolute Gasteiger partial charge is 0.504 e. The molecule has 0 heterocycles. The number of ether oxygens (including phenoxy) is 2. The van der Waals surface area contributed by atoms with Crippen LogP contribution in [0.3, 0.4) is 0 Å². The topological polar surface area (TPSA) is 93.1 Å². The van der Waals surface area contributed by atoms with Gasteiger partial charge in [-0.15, -0.1) is 0 Å². The standard InChI is InChI=1S/C31H36O6/c1-20(2)7-11-24-15-22(17-28(36-5)30(24)34)9-13-26(32)19-27(33)14-10-23-16-25(12-8-21(3)4)31(35)29(18-23)37-6/h7-10,13-18,34-35H,11-12,19H2,1-6H3/b13-9+,14-10+. The lowest BCUT2D eigenvalue weighted by molar-refractivity contribution is -0.121. The first-order valence-electron chi connectivity index (χ1n) is 12.0. The van der Waals surface area contributed by atoms with Crippen LogP contribution in [0.5, 0.6) is 23.0 Å². The van der Waals surface area contributed by atoms with Crippen molar-refractivity contribution in [1.82, 2.24) is 0 Å². The normalized spacial score (nSPS) is 11.0. The molecule has 2 rings (SSSR count). The van der Waals surface area contributed by atoms with E-state index in [9.17, 15) is 19.8 Å². The molecule has 0 saturated heterocycles. The molecule has 2 aromatic rings. The van der Waals surface area contributed by atoms with Crippen molar-refractivity contribution in [2.45, 2.75) is 47.0 Å². The van der Waals surface area contributed by atoms with Gasteiger partial charge in [-0.1, -0.05) is 35.5 Å². The highest BCUT2D eigenvalue weighted by molar-refractivity contribution is 6.10. The highest BCUT2D eigenvalue weighted by Crippen LogP contribution is 2.33. The molecule has 0 aliphatic carbocycles. The fourth-order valence-corrected chi connectivity index (χ4v) is 3.49. The molecular formula is C31H36O6. The second-order valence-corrected chi connectivity index (χ2v) is 9.21. The van der Waals surface area contributed by atoms with Gasteiger partial charge >= 0.3 is 0 Å². The van der Waals surface area contributed by atoms with Gasteiger partial charge in [-0.05, 0) is 88.1 Å². The van der Waals surface area contributed by atoms with Crippen LogP contribution in [-0.4, -0.2) is 36.0 Å². The zero-order valence-electron chi connectivity index (χ0n) is 22.4. The number of benzene rings is 2. The quantitative estimate of drug-likeness (QED) is 0.198. The second kappa shape index (κ2) is 13.9. The van der Waals surface area contributed by atoms with Gasteiger partial charge in [-0.2, -0.15) is 0 Å². The maximum Gasteiger partial charge on any atom is 0.163 e. The zero-order valence-corrected chi connectivity index (χ0v) is 22.4. The summed E-state index contributed by atoms with van der Waals surface area (Å²) >= 11 is 0. The number of carbonyl (C=O) groups is 2. The summed E-state index contributed by atoms with van der Waals surface area (Å²) in [6, 6.07) is 6.84. The van der Waals surface area contributed by atoms with Gasteiger partial charge in [0.2, 0.25) is 0 Å². The summed E-state index contributed by atoms with van der Waals surface area (Å²) in [6.07, 6.45) is 10.7. The Morgan fingerprint density at radius 3 is 1.41 bits per heavy atom. The molecule has 0 bridgehead atoms. The summed E-state index contributed by atoms with van der Waals surface area (Å²) in [6.45, 7) is 7.90. The maximum atomic E-state index is 12.4. The van der Waals surface area contributed by atoms with Crippen molar-refractivity contribution in [3.05, 3.63) is 82.0 Å². The summed E-state index contributed by atoms with van der Waals surface area (Å²) in [5.41, 5.74) is 4.97. The van der Waals surface area contributed by atoms with Gasteiger partial charge in [-0.25, -0.2) is 0 Å². The summed E-state index contributed by atoms with van der Waals surface area (Å²) in [5, 5.41) is 20.7. The molecule has 2 N–H and O–H groups in total. The number of phenolic OH excluding ortho intramolecular Hbond substituents is 2. The number of ketones is 2. The van der Waals surface area contributed by atoms with E-state index in [0.29, 0.717) is 46.6 Å². The van der Waals surface area contributed by atoms with Gasteiger partial charge in [0.15, 0.2) is 34.6 Å². The number of hydrogen-bond acceptors (Lipinski definition) is 6. The number of hydrogen-bond donors (Lipinski definition) is 2. The molecular weight excluding hydrogens is 468 g/mol. The van der Waals surface area contributed by atoms with Crippen molar-refractivity contribution in [2.75, 3.05) is 14.2 Å². The Morgan fingerprint density at radius 1 is 0.703 bits per heavy atom. The molecule has 0 amide bonds. The Balaban J connectivity index is 2.13. The van der Waals surface area contributed by atoms with Crippen LogP contribution in [0.1, 0.15) is 56.4 Å².